The molecule has 1 atom stereocenters. The molecular formula is C17H11F4NO2S. The number of hydrogen-bond acceptors (Lipinski definition) is 4. The highest BCUT2D eigenvalue weighted by atomic mass is 32.2. The van der Waals surface area contributed by atoms with E-state index in [-0.39, 0.29) is 39.3 Å². The number of aliphatic hydroxyl groups excluding tert-OH is 1. The Balaban J connectivity index is 2.03. The Morgan fingerprint density at radius 2 is 2.04 bits per heavy atom. The predicted molar refractivity (Wildman–Crippen MR) is 83.1 cm³/mol. The van der Waals surface area contributed by atoms with Gasteiger partial charge in [-0.2, -0.15) is 14.0 Å². The van der Waals surface area contributed by atoms with Crippen molar-refractivity contribution in [2.45, 2.75) is 29.1 Å². The number of fused-ring (bicyclic) bond motifs is 1. The van der Waals surface area contributed by atoms with Crippen LogP contribution in [0.4, 0.5) is 17.6 Å². The molecule has 3 nitrogen and oxygen atoms in total. The molecule has 1 aliphatic rings. The molecule has 130 valence electrons. The number of aliphatic hydroxyl groups is 1. The van der Waals surface area contributed by atoms with Crippen LogP contribution in [0.1, 0.15) is 22.8 Å². The van der Waals surface area contributed by atoms with Crippen LogP contribution >= 0.6 is 11.8 Å². The van der Waals surface area contributed by atoms with Gasteiger partial charge < -0.3 is 9.84 Å². The van der Waals surface area contributed by atoms with Crippen LogP contribution in [0.5, 0.6) is 11.5 Å². The summed E-state index contributed by atoms with van der Waals surface area (Å²) in [6.07, 6.45) is -2.98. The molecule has 0 amide bonds. The number of hydrogen-bond donors (Lipinski definition) is 1. The zero-order chi connectivity index (χ0) is 18.2. The average molecular weight is 369 g/mol. The molecule has 2 aromatic carbocycles. The highest BCUT2D eigenvalue weighted by Gasteiger charge is 2.49. The van der Waals surface area contributed by atoms with E-state index in [0.29, 0.717) is 5.56 Å². The minimum atomic E-state index is -3.46. The topological polar surface area (TPSA) is 53.2 Å². The van der Waals surface area contributed by atoms with Gasteiger partial charge in [0.25, 0.3) is 11.7 Å². The number of alkyl halides is 4. The fourth-order valence-corrected chi connectivity index (χ4v) is 3.40. The van der Waals surface area contributed by atoms with Crippen LogP contribution in [-0.4, -0.2) is 16.8 Å². The summed E-state index contributed by atoms with van der Waals surface area (Å²) < 4.78 is 58.8. The number of nitriles is 1. The van der Waals surface area contributed by atoms with Crippen LogP contribution in [0.15, 0.2) is 41.3 Å². The highest BCUT2D eigenvalue weighted by molar-refractivity contribution is 7.99. The number of ether oxygens (including phenoxy) is 1. The van der Waals surface area contributed by atoms with E-state index in [4.69, 9.17) is 10.00 Å². The van der Waals surface area contributed by atoms with Gasteiger partial charge in [-0.25, -0.2) is 8.78 Å². The van der Waals surface area contributed by atoms with Crippen molar-refractivity contribution in [3.8, 4) is 17.6 Å². The molecule has 0 aromatic heterocycles. The molecule has 0 heterocycles. The lowest BCUT2D eigenvalue weighted by Gasteiger charge is -2.16. The quantitative estimate of drug-likeness (QED) is 0.616. The van der Waals surface area contributed by atoms with Gasteiger partial charge in [0, 0.05) is 22.4 Å². The third kappa shape index (κ3) is 3.43. The summed E-state index contributed by atoms with van der Waals surface area (Å²) in [6, 6.07) is 10.6. The summed E-state index contributed by atoms with van der Waals surface area (Å²) in [5, 5.41) is 18.8. The van der Waals surface area contributed by atoms with Crippen molar-refractivity contribution in [3.63, 3.8) is 0 Å². The molecule has 3 rings (SSSR count). The van der Waals surface area contributed by atoms with Crippen molar-refractivity contribution in [2.24, 2.45) is 0 Å². The standard InChI is InChI=1S/C17H11F4NO2S/c18-16(19)25-13-5-4-12(11-7-17(20,21)15(23)14(11)13)24-10-3-1-2-9(6-10)8-22/h1-6,15-16,23H,7H2. The largest absolute Gasteiger partial charge is 0.457 e. The summed E-state index contributed by atoms with van der Waals surface area (Å²) in [5.41, 5.74) is 0.0825. The molecule has 1 unspecified atom stereocenters. The molecule has 0 spiro atoms. The maximum Gasteiger partial charge on any atom is 0.288 e. The third-order valence-corrected chi connectivity index (χ3v) is 4.56. The van der Waals surface area contributed by atoms with Gasteiger partial charge in [0.05, 0.1) is 11.6 Å². The van der Waals surface area contributed by atoms with Crippen LogP contribution in [0.25, 0.3) is 0 Å². The summed E-state index contributed by atoms with van der Waals surface area (Å²) in [5.74, 6) is -5.97. The first kappa shape index (κ1) is 17.6. The lowest BCUT2D eigenvalue weighted by molar-refractivity contribution is -0.0976. The first-order valence-corrected chi connectivity index (χ1v) is 8.04. The summed E-state index contributed by atoms with van der Waals surface area (Å²) in [6.45, 7) is 0. The Labute approximate surface area is 144 Å². The van der Waals surface area contributed by atoms with E-state index in [0.717, 1.165) is 0 Å². The van der Waals surface area contributed by atoms with Gasteiger partial charge in [0.1, 0.15) is 17.6 Å². The van der Waals surface area contributed by atoms with Gasteiger partial charge in [-0.1, -0.05) is 17.8 Å². The lowest BCUT2D eigenvalue weighted by Crippen LogP contribution is -2.21. The number of benzene rings is 2. The normalized spacial score (nSPS) is 18.0. The molecule has 0 fully saturated rings. The maximum atomic E-state index is 13.9. The Morgan fingerprint density at radius 1 is 1.28 bits per heavy atom. The Kier molecular flexibility index (Phi) is 4.62. The number of thioether (sulfide) groups is 1. The molecule has 1 N–H and O–H groups in total. The molecule has 0 saturated carbocycles. The van der Waals surface area contributed by atoms with Crippen molar-refractivity contribution in [2.75, 3.05) is 0 Å². The Bertz CT molecular complexity index is 851. The van der Waals surface area contributed by atoms with Crippen LogP contribution in [0, 0.1) is 11.3 Å². The van der Waals surface area contributed by atoms with Crippen LogP contribution < -0.4 is 4.74 Å². The molecule has 1 aliphatic carbocycles. The van der Waals surface area contributed by atoms with Gasteiger partial charge >= 0.3 is 0 Å². The molecule has 0 radical (unpaired) electrons. The SMILES string of the molecule is N#Cc1cccc(Oc2ccc(SC(F)F)c3c2CC(F)(F)C3O)c1. The van der Waals surface area contributed by atoms with E-state index < -0.39 is 24.2 Å². The van der Waals surface area contributed by atoms with E-state index in [1.54, 1.807) is 18.2 Å². The van der Waals surface area contributed by atoms with Crippen LogP contribution in [0.2, 0.25) is 0 Å². The molecule has 0 aliphatic heterocycles. The van der Waals surface area contributed by atoms with E-state index in [2.05, 4.69) is 0 Å². The molecule has 2 aromatic rings. The van der Waals surface area contributed by atoms with Crippen molar-refractivity contribution in [3.05, 3.63) is 53.1 Å². The van der Waals surface area contributed by atoms with Crippen molar-refractivity contribution in [1.29, 1.82) is 5.26 Å². The van der Waals surface area contributed by atoms with Gasteiger partial charge in [0.2, 0.25) is 0 Å². The fraction of sp³-hybridized carbons (Fsp3) is 0.235. The minimum absolute atomic E-state index is 0.00879. The second kappa shape index (κ2) is 6.58. The van der Waals surface area contributed by atoms with E-state index in [1.165, 1.54) is 18.2 Å². The summed E-state index contributed by atoms with van der Waals surface area (Å²) in [7, 11) is 0. The summed E-state index contributed by atoms with van der Waals surface area (Å²) >= 11 is 0.104. The number of rotatable bonds is 4. The third-order valence-electron chi connectivity index (χ3n) is 3.77. The van der Waals surface area contributed by atoms with E-state index >= 15 is 0 Å². The van der Waals surface area contributed by atoms with Crippen molar-refractivity contribution < 1.29 is 27.4 Å². The zero-order valence-electron chi connectivity index (χ0n) is 12.5. The number of halogens is 4. The van der Waals surface area contributed by atoms with Gasteiger partial charge in [-0.15, -0.1) is 0 Å². The smallest absolute Gasteiger partial charge is 0.288 e. The van der Waals surface area contributed by atoms with Crippen LogP contribution in [0.3, 0.4) is 0 Å². The van der Waals surface area contributed by atoms with Crippen LogP contribution in [-0.2, 0) is 6.42 Å². The Morgan fingerprint density at radius 3 is 2.72 bits per heavy atom. The molecule has 25 heavy (non-hydrogen) atoms. The summed E-state index contributed by atoms with van der Waals surface area (Å²) in [4.78, 5) is -0.104. The molecule has 8 heteroatoms. The fourth-order valence-electron chi connectivity index (χ4n) is 2.70. The Hall–Kier alpha value is -2.24. The molecular weight excluding hydrogens is 358 g/mol. The monoisotopic (exact) mass is 369 g/mol. The lowest BCUT2D eigenvalue weighted by atomic mass is 10.1. The van der Waals surface area contributed by atoms with Crippen molar-refractivity contribution in [1.82, 2.24) is 0 Å². The number of nitrogens with zero attached hydrogens (tertiary/aromatic N) is 1. The van der Waals surface area contributed by atoms with E-state index in [1.807, 2.05) is 6.07 Å². The molecule has 0 saturated heterocycles. The first-order valence-electron chi connectivity index (χ1n) is 7.16. The van der Waals surface area contributed by atoms with Gasteiger partial charge in [0.15, 0.2) is 0 Å². The average Bonchev–Trinajstić information content (AvgIpc) is 2.80. The van der Waals surface area contributed by atoms with Crippen molar-refractivity contribution >= 4 is 11.8 Å². The second-order valence-corrected chi connectivity index (χ2v) is 6.45. The zero-order valence-corrected chi connectivity index (χ0v) is 13.4. The highest BCUT2D eigenvalue weighted by Crippen LogP contribution is 2.51. The first-order chi connectivity index (χ1) is 11.8. The molecule has 0 bridgehead atoms. The van der Waals surface area contributed by atoms with Gasteiger partial charge in [-0.05, 0) is 30.3 Å². The van der Waals surface area contributed by atoms with E-state index in [9.17, 15) is 22.7 Å². The predicted octanol–water partition coefficient (Wildman–Crippen LogP) is 4.89. The second-order valence-electron chi connectivity index (χ2n) is 5.41. The van der Waals surface area contributed by atoms with Gasteiger partial charge in [-0.3, -0.25) is 0 Å². The minimum Gasteiger partial charge on any atom is -0.457 e. The maximum absolute atomic E-state index is 13.9.